The number of aromatic nitrogens is 1. The number of carbonyl (C=O) groups excluding carboxylic acids is 2. The lowest BCUT2D eigenvalue weighted by Gasteiger charge is -2.24. The molecule has 2 amide bonds. The van der Waals surface area contributed by atoms with Crippen LogP contribution in [0.1, 0.15) is 52.3 Å². The smallest absolute Gasteiger partial charge is 0.273 e. The van der Waals surface area contributed by atoms with Gasteiger partial charge < -0.3 is 29.0 Å². The number of benzene rings is 1. The van der Waals surface area contributed by atoms with E-state index in [1.165, 1.54) is 0 Å². The van der Waals surface area contributed by atoms with E-state index in [2.05, 4.69) is 10.5 Å². The van der Waals surface area contributed by atoms with Gasteiger partial charge in [0.15, 0.2) is 23.0 Å². The molecule has 2 aliphatic heterocycles. The van der Waals surface area contributed by atoms with Crippen LogP contribution in [-0.4, -0.2) is 54.5 Å². The number of fused-ring (bicyclic) bond motifs is 1. The summed E-state index contributed by atoms with van der Waals surface area (Å²) in [6.45, 7) is 2.13. The number of ether oxygens (including phenoxy) is 3. The van der Waals surface area contributed by atoms with Crippen LogP contribution in [0.2, 0.25) is 0 Å². The Balaban J connectivity index is 1.30. The largest absolute Gasteiger partial charge is 0.454 e. The van der Waals surface area contributed by atoms with Gasteiger partial charge in [-0.05, 0) is 49.8 Å². The molecule has 31 heavy (non-hydrogen) atoms. The van der Waals surface area contributed by atoms with E-state index >= 15 is 0 Å². The van der Waals surface area contributed by atoms with Crippen LogP contribution in [0, 0.1) is 5.92 Å². The maximum Gasteiger partial charge on any atom is 0.273 e. The second-order valence-corrected chi connectivity index (χ2v) is 8.22. The number of nitrogens with one attached hydrogen (secondary N) is 1. The molecule has 9 nitrogen and oxygen atoms in total. The fourth-order valence-corrected chi connectivity index (χ4v) is 3.80. The van der Waals surface area contributed by atoms with Gasteiger partial charge in [-0.3, -0.25) is 9.59 Å². The molecule has 1 saturated heterocycles. The minimum Gasteiger partial charge on any atom is -0.454 e. The van der Waals surface area contributed by atoms with Gasteiger partial charge >= 0.3 is 0 Å². The zero-order valence-electron chi connectivity index (χ0n) is 17.2. The van der Waals surface area contributed by atoms with Crippen molar-refractivity contribution in [1.29, 1.82) is 0 Å². The van der Waals surface area contributed by atoms with E-state index in [1.54, 1.807) is 29.2 Å². The van der Waals surface area contributed by atoms with Gasteiger partial charge in [0.25, 0.3) is 11.8 Å². The molecule has 0 spiro atoms. The molecule has 5 rings (SSSR count). The number of hydrogen-bond acceptors (Lipinski definition) is 7. The van der Waals surface area contributed by atoms with Crippen LogP contribution >= 0.6 is 0 Å². The van der Waals surface area contributed by atoms with Crippen LogP contribution < -0.4 is 14.8 Å². The first-order valence-corrected chi connectivity index (χ1v) is 10.7. The Morgan fingerprint density at radius 2 is 2.00 bits per heavy atom. The fourth-order valence-electron chi connectivity index (χ4n) is 3.80. The average Bonchev–Trinajstić information content (AvgIpc) is 3.18. The molecule has 1 aromatic heterocycles. The molecule has 2 aromatic rings. The van der Waals surface area contributed by atoms with E-state index in [4.69, 9.17) is 18.7 Å². The average molecular weight is 427 g/mol. The summed E-state index contributed by atoms with van der Waals surface area (Å²) in [5, 5.41) is 6.76. The van der Waals surface area contributed by atoms with Crippen LogP contribution in [0.5, 0.6) is 11.5 Å². The van der Waals surface area contributed by atoms with Crippen LogP contribution in [0.3, 0.4) is 0 Å². The molecule has 9 heteroatoms. The zero-order chi connectivity index (χ0) is 21.2. The number of carbonyl (C=O) groups is 2. The van der Waals surface area contributed by atoms with Crippen molar-refractivity contribution in [2.45, 2.75) is 38.3 Å². The van der Waals surface area contributed by atoms with Gasteiger partial charge in [-0.15, -0.1) is 0 Å². The zero-order valence-corrected chi connectivity index (χ0v) is 17.2. The molecule has 1 saturated carbocycles. The van der Waals surface area contributed by atoms with Gasteiger partial charge in [-0.2, -0.15) is 0 Å². The maximum absolute atomic E-state index is 13.3. The highest BCUT2D eigenvalue weighted by molar-refractivity contribution is 5.95. The van der Waals surface area contributed by atoms with Crippen molar-refractivity contribution in [1.82, 2.24) is 15.4 Å². The quantitative estimate of drug-likeness (QED) is 0.690. The molecule has 164 valence electrons. The Morgan fingerprint density at radius 3 is 2.81 bits per heavy atom. The molecule has 3 aliphatic rings. The Bertz CT molecular complexity index is 964. The van der Waals surface area contributed by atoms with E-state index in [9.17, 15) is 9.59 Å². The molecule has 0 bridgehead atoms. The summed E-state index contributed by atoms with van der Waals surface area (Å²) < 4.78 is 21.8. The van der Waals surface area contributed by atoms with E-state index in [-0.39, 0.29) is 36.9 Å². The van der Waals surface area contributed by atoms with Gasteiger partial charge in [-0.1, -0.05) is 5.16 Å². The summed E-state index contributed by atoms with van der Waals surface area (Å²) in [7, 11) is 0. The third kappa shape index (κ3) is 4.66. The van der Waals surface area contributed by atoms with Gasteiger partial charge in [0.05, 0.1) is 12.6 Å². The highest BCUT2D eigenvalue weighted by atomic mass is 16.7. The first-order valence-electron chi connectivity index (χ1n) is 10.7. The lowest BCUT2D eigenvalue weighted by molar-refractivity contribution is 0.0486. The van der Waals surface area contributed by atoms with Crippen LogP contribution in [0.15, 0.2) is 28.8 Å². The normalized spacial score (nSPS) is 19.4. The van der Waals surface area contributed by atoms with Gasteiger partial charge in [-0.25, -0.2) is 0 Å². The van der Waals surface area contributed by atoms with Gasteiger partial charge in [0, 0.05) is 31.3 Å². The van der Waals surface area contributed by atoms with Crippen LogP contribution in [0.25, 0.3) is 0 Å². The SMILES string of the molecule is O=C(NCC1CC1)c1cc(CN(CC2CCCO2)C(=O)c2ccc3c(c2)OCO3)on1. The molecule has 3 heterocycles. The molecular formula is C22H25N3O6. The summed E-state index contributed by atoms with van der Waals surface area (Å²) in [5.41, 5.74) is 0.715. The maximum atomic E-state index is 13.3. The second-order valence-electron chi connectivity index (χ2n) is 8.22. The summed E-state index contributed by atoms with van der Waals surface area (Å²) in [4.78, 5) is 27.2. The third-order valence-corrected chi connectivity index (χ3v) is 5.74. The van der Waals surface area contributed by atoms with E-state index in [0.29, 0.717) is 48.4 Å². The molecule has 2 fully saturated rings. The monoisotopic (exact) mass is 427 g/mol. The fraction of sp³-hybridized carbons (Fsp3) is 0.500. The topological polar surface area (TPSA) is 103 Å². The van der Waals surface area contributed by atoms with E-state index in [1.807, 2.05) is 0 Å². The predicted octanol–water partition coefficient (Wildman–Crippen LogP) is 2.36. The first-order chi connectivity index (χ1) is 15.2. The van der Waals surface area contributed by atoms with Crippen molar-refractivity contribution in [2.24, 2.45) is 5.92 Å². The van der Waals surface area contributed by atoms with Crippen molar-refractivity contribution in [2.75, 3.05) is 26.5 Å². The highest BCUT2D eigenvalue weighted by Gasteiger charge is 2.27. The Labute approximate surface area is 179 Å². The van der Waals surface area contributed by atoms with Gasteiger partial charge in [0.2, 0.25) is 6.79 Å². The number of rotatable bonds is 8. The van der Waals surface area contributed by atoms with E-state index < -0.39 is 0 Å². The van der Waals surface area contributed by atoms with Crippen molar-refractivity contribution >= 4 is 11.8 Å². The lowest BCUT2D eigenvalue weighted by Crippen LogP contribution is -2.36. The number of nitrogens with zero attached hydrogens (tertiary/aromatic N) is 2. The number of amides is 2. The Hall–Kier alpha value is -3.07. The second kappa shape index (κ2) is 8.58. The standard InChI is InChI=1S/C22H25N3O6/c26-21(23-10-14-3-4-14)18-9-17(31-24-18)12-25(11-16-2-1-7-28-16)22(27)15-5-6-19-20(8-15)30-13-29-19/h5-6,8-9,14,16H,1-4,7,10-13H2,(H,23,26). The van der Waals surface area contributed by atoms with Crippen molar-refractivity contribution in [3.63, 3.8) is 0 Å². The molecule has 1 unspecified atom stereocenters. The molecule has 0 radical (unpaired) electrons. The predicted molar refractivity (Wildman–Crippen MR) is 108 cm³/mol. The van der Waals surface area contributed by atoms with E-state index in [0.717, 1.165) is 25.7 Å². The molecule has 1 aliphatic carbocycles. The molecular weight excluding hydrogens is 402 g/mol. The lowest BCUT2D eigenvalue weighted by atomic mass is 10.1. The van der Waals surface area contributed by atoms with Crippen molar-refractivity contribution in [3.05, 3.63) is 41.3 Å². The third-order valence-electron chi connectivity index (χ3n) is 5.74. The minimum atomic E-state index is -0.255. The van der Waals surface area contributed by atoms with Crippen LogP contribution in [-0.2, 0) is 11.3 Å². The molecule has 1 N–H and O–H groups in total. The summed E-state index contributed by atoms with van der Waals surface area (Å²) >= 11 is 0. The number of hydrogen-bond donors (Lipinski definition) is 1. The van der Waals surface area contributed by atoms with Crippen molar-refractivity contribution < 1.29 is 28.3 Å². The van der Waals surface area contributed by atoms with Crippen LogP contribution in [0.4, 0.5) is 0 Å². The molecule has 1 atom stereocenters. The van der Waals surface area contributed by atoms with Crippen molar-refractivity contribution in [3.8, 4) is 11.5 Å². The highest BCUT2D eigenvalue weighted by Crippen LogP contribution is 2.33. The summed E-state index contributed by atoms with van der Waals surface area (Å²) in [6.07, 6.45) is 4.16. The molecule has 1 aromatic carbocycles. The summed E-state index contributed by atoms with van der Waals surface area (Å²) in [6, 6.07) is 6.73. The van der Waals surface area contributed by atoms with Gasteiger partial charge in [0.1, 0.15) is 0 Å². The Morgan fingerprint density at radius 1 is 1.13 bits per heavy atom. The minimum absolute atomic E-state index is 0.0257. The Kier molecular flexibility index (Phi) is 5.50. The summed E-state index contributed by atoms with van der Waals surface area (Å²) in [5.74, 6) is 1.77. The first kappa shape index (κ1) is 19.9.